The zero-order chi connectivity index (χ0) is 19.8. The maximum absolute atomic E-state index is 13.5. The zero-order valence-electron chi connectivity index (χ0n) is 15.8. The molecule has 2 aromatic rings. The van der Waals surface area contributed by atoms with Gasteiger partial charge in [-0.15, -0.1) is 0 Å². The summed E-state index contributed by atoms with van der Waals surface area (Å²) in [7, 11) is 0. The molecule has 2 aromatic carbocycles. The number of esters is 1. The van der Waals surface area contributed by atoms with Crippen molar-refractivity contribution in [1.29, 1.82) is 0 Å². The van der Waals surface area contributed by atoms with E-state index in [1.54, 1.807) is 13.0 Å². The predicted molar refractivity (Wildman–Crippen MR) is 107 cm³/mol. The molecule has 2 aliphatic rings. The molecule has 5 heteroatoms. The van der Waals surface area contributed by atoms with Crippen LogP contribution in [0.5, 0.6) is 5.75 Å². The minimum Gasteiger partial charge on any atom is -0.489 e. The molecule has 1 heterocycles. The SMILES string of the molecule is CCOC(=O)C1=CC[C@H]2Oc3cc(C)c(Cl)cc3C(=O)[C@@H]2[C@@H]1c1ccccc1. The number of Topliss-reactive ketones (excluding diaryl/α,β-unsaturated/α-hetero) is 1. The second-order valence-corrected chi connectivity index (χ2v) is 7.56. The molecule has 0 amide bonds. The van der Waals surface area contributed by atoms with E-state index in [4.69, 9.17) is 21.1 Å². The van der Waals surface area contributed by atoms with E-state index in [1.807, 2.05) is 49.4 Å². The highest BCUT2D eigenvalue weighted by atomic mass is 35.5. The lowest BCUT2D eigenvalue weighted by molar-refractivity contribution is -0.139. The molecule has 0 bridgehead atoms. The summed E-state index contributed by atoms with van der Waals surface area (Å²) in [5, 5.41) is 0.530. The number of ether oxygens (including phenoxy) is 2. The first kappa shape index (κ1) is 18.8. The Morgan fingerprint density at radius 2 is 2.00 bits per heavy atom. The van der Waals surface area contributed by atoms with Crippen LogP contribution in [0, 0.1) is 12.8 Å². The van der Waals surface area contributed by atoms with E-state index in [2.05, 4.69) is 0 Å². The van der Waals surface area contributed by atoms with Crippen LogP contribution in [0.25, 0.3) is 0 Å². The molecule has 28 heavy (non-hydrogen) atoms. The van der Waals surface area contributed by atoms with Crippen molar-refractivity contribution in [3.05, 3.63) is 75.8 Å². The van der Waals surface area contributed by atoms with Gasteiger partial charge in [-0.25, -0.2) is 4.79 Å². The van der Waals surface area contributed by atoms with Gasteiger partial charge in [0.25, 0.3) is 0 Å². The van der Waals surface area contributed by atoms with Crippen LogP contribution in [0.2, 0.25) is 5.02 Å². The zero-order valence-corrected chi connectivity index (χ0v) is 16.5. The van der Waals surface area contributed by atoms with Gasteiger partial charge in [-0.2, -0.15) is 0 Å². The Morgan fingerprint density at radius 1 is 1.25 bits per heavy atom. The number of hydrogen-bond acceptors (Lipinski definition) is 4. The molecule has 4 nitrogen and oxygen atoms in total. The molecule has 1 aliphatic heterocycles. The average Bonchev–Trinajstić information content (AvgIpc) is 2.70. The summed E-state index contributed by atoms with van der Waals surface area (Å²) in [5.74, 6) is -0.780. The van der Waals surface area contributed by atoms with Crippen LogP contribution in [-0.2, 0) is 9.53 Å². The summed E-state index contributed by atoms with van der Waals surface area (Å²) in [5.41, 5.74) is 2.76. The van der Waals surface area contributed by atoms with Gasteiger partial charge < -0.3 is 9.47 Å². The third-order valence-electron chi connectivity index (χ3n) is 5.44. The number of carbonyl (C=O) groups excluding carboxylic acids is 2. The lowest BCUT2D eigenvalue weighted by Gasteiger charge is -2.40. The van der Waals surface area contributed by atoms with Crippen molar-refractivity contribution < 1.29 is 19.1 Å². The first-order valence-electron chi connectivity index (χ1n) is 9.44. The number of fused-ring (bicyclic) bond motifs is 2. The fraction of sp³-hybridized carbons (Fsp3) is 0.304. The Hall–Kier alpha value is -2.59. The molecule has 4 rings (SSSR count). The normalized spacial score (nSPS) is 23.2. The summed E-state index contributed by atoms with van der Waals surface area (Å²) in [4.78, 5) is 26.1. The minimum atomic E-state index is -0.502. The highest BCUT2D eigenvalue weighted by Gasteiger charge is 2.47. The molecule has 0 saturated heterocycles. The van der Waals surface area contributed by atoms with E-state index in [9.17, 15) is 9.59 Å². The molecule has 3 atom stereocenters. The smallest absolute Gasteiger partial charge is 0.334 e. The van der Waals surface area contributed by atoms with Crippen molar-refractivity contribution in [2.24, 2.45) is 5.92 Å². The molecule has 0 spiro atoms. The van der Waals surface area contributed by atoms with Gasteiger partial charge in [-0.3, -0.25) is 4.79 Å². The standard InChI is InChI=1S/C23H21ClO4/c1-3-27-23(26)15-9-10-18-21(20(15)14-7-5-4-6-8-14)22(25)16-12-17(24)13(2)11-19(16)28-18/h4-9,11-12,18,20-21H,3,10H2,1-2H3/t18-,20-,21+/m1/s1. The van der Waals surface area contributed by atoms with Gasteiger partial charge in [0.1, 0.15) is 11.9 Å². The summed E-state index contributed by atoms with van der Waals surface area (Å²) >= 11 is 6.27. The second-order valence-electron chi connectivity index (χ2n) is 7.15. The minimum absolute atomic E-state index is 0.0445. The number of hydrogen-bond donors (Lipinski definition) is 0. The molecule has 0 radical (unpaired) electrons. The number of rotatable bonds is 3. The fourth-order valence-electron chi connectivity index (χ4n) is 4.13. The number of benzene rings is 2. The summed E-state index contributed by atoms with van der Waals surface area (Å²) < 4.78 is 11.5. The quantitative estimate of drug-likeness (QED) is 0.693. The topological polar surface area (TPSA) is 52.6 Å². The third kappa shape index (κ3) is 3.12. The Kier molecular flexibility index (Phi) is 4.98. The number of ketones is 1. The van der Waals surface area contributed by atoms with Crippen LogP contribution in [0.4, 0.5) is 0 Å². The van der Waals surface area contributed by atoms with Crippen LogP contribution < -0.4 is 4.74 Å². The number of aryl methyl sites for hydroxylation is 1. The lowest BCUT2D eigenvalue weighted by Crippen LogP contribution is -2.45. The summed E-state index contributed by atoms with van der Waals surface area (Å²) in [6.07, 6.45) is 2.01. The van der Waals surface area contributed by atoms with E-state index in [0.29, 0.717) is 28.3 Å². The number of carbonyl (C=O) groups is 2. The largest absolute Gasteiger partial charge is 0.489 e. The highest BCUT2D eigenvalue weighted by molar-refractivity contribution is 6.32. The Morgan fingerprint density at radius 3 is 2.71 bits per heavy atom. The van der Waals surface area contributed by atoms with Crippen LogP contribution in [-0.4, -0.2) is 24.5 Å². The Labute approximate surface area is 169 Å². The van der Waals surface area contributed by atoms with Gasteiger partial charge in [-0.1, -0.05) is 48.0 Å². The van der Waals surface area contributed by atoms with Crippen molar-refractivity contribution in [3.63, 3.8) is 0 Å². The van der Waals surface area contributed by atoms with Crippen LogP contribution in [0.1, 0.15) is 40.7 Å². The van der Waals surface area contributed by atoms with Crippen LogP contribution in [0.3, 0.4) is 0 Å². The van der Waals surface area contributed by atoms with Gasteiger partial charge >= 0.3 is 5.97 Å². The molecule has 144 valence electrons. The van der Waals surface area contributed by atoms with E-state index in [-0.39, 0.29) is 24.5 Å². The van der Waals surface area contributed by atoms with Gasteiger partial charge in [-0.05, 0) is 37.1 Å². The fourth-order valence-corrected chi connectivity index (χ4v) is 4.29. The van der Waals surface area contributed by atoms with Crippen molar-refractivity contribution in [2.75, 3.05) is 6.61 Å². The molecule has 0 aromatic heterocycles. The molecule has 1 aliphatic carbocycles. The predicted octanol–water partition coefficient (Wildman–Crippen LogP) is 4.89. The van der Waals surface area contributed by atoms with Gasteiger partial charge in [0.05, 0.1) is 18.1 Å². The average molecular weight is 397 g/mol. The Bertz CT molecular complexity index is 964. The van der Waals surface area contributed by atoms with Gasteiger partial charge in [0.2, 0.25) is 0 Å². The van der Waals surface area contributed by atoms with E-state index >= 15 is 0 Å². The van der Waals surface area contributed by atoms with Crippen molar-refractivity contribution >= 4 is 23.4 Å². The van der Waals surface area contributed by atoms with Crippen molar-refractivity contribution in [1.82, 2.24) is 0 Å². The first-order valence-corrected chi connectivity index (χ1v) is 9.82. The monoisotopic (exact) mass is 396 g/mol. The number of halogens is 1. The summed E-state index contributed by atoms with van der Waals surface area (Å²) in [6.45, 7) is 3.94. The third-order valence-corrected chi connectivity index (χ3v) is 5.85. The molecule has 0 unspecified atom stereocenters. The van der Waals surface area contributed by atoms with E-state index in [0.717, 1.165) is 11.1 Å². The van der Waals surface area contributed by atoms with Gasteiger partial charge in [0.15, 0.2) is 5.78 Å². The maximum Gasteiger partial charge on any atom is 0.334 e. The highest BCUT2D eigenvalue weighted by Crippen LogP contribution is 2.47. The van der Waals surface area contributed by atoms with Crippen LogP contribution in [0.15, 0.2) is 54.1 Å². The van der Waals surface area contributed by atoms with E-state index < -0.39 is 11.8 Å². The van der Waals surface area contributed by atoms with Gasteiger partial charge in [0, 0.05) is 22.9 Å². The molecular formula is C23H21ClO4. The molecule has 0 saturated carbocycles. The Balaban J connectivity index is 1.82. The van der Waals surface area contributed by atoms with Crippen molar-refractivity contribution in [2.45, 2.75) is 32.3 Å². The first-order chi connectivity index (χ1) is 13.5. The molecule has 0 fully saturated rings. The van der Waals surface area contributed by atoms with Crippen molar-refractivity contribution in [3.8, 4) is 5.75 Å². The lowest BCUT2D eigenvalue weighted by atomic mass is 9.69. The molecular weight excluding hydrogens is 376 g/mol. The maximum atomic E-state index is 13.5. The second kappa shape index (κ2) is 7.44. The van der Waals surface area contributed by atoms with Crippen LogP contribution >= 0.6 is 11.6 Å². The van der Waals surface area contributed by atoms with E-state index in [1.165, 1.54) is 0 Å². The molecule has 0 N–H and O–H groups in total. The summed E-state index contributed by atoms with van der Waals surface area (Å²) in [6, 6.07) is 13.1.